The molecule has 1 aliphatic rings. The van der Waals surface area contributed by atoms with Gasteiger partial charge in [-0.2, -0.15) is 0 Å². The highest BCUT2D eigenvalue weighted by molar-refractivity contribution is 5.92. The van der Waals surface area contributed by atoms with Gasteiger partial charge in [0.1, 0.15) is 5.82 Å². The summed E-state index contributed by atoms with van der Waals surface area (Å²) in [7, 11) is 0. The molecule has 22 heavy (non-hydrogen) atoms. The lowest BCUT2D eigenvalue weighted by atomic mass is 10.2. The lowest BCUT2D eigenvalue weighted by Gasteiger charge is -2.17. The molecule has 0 saturated carbocycles. The minimum atomic E-state index is -0.0447. The zero-order valence-electron chi connectivity index (χ0n) is 12.4. The molecule has 1 fully saturated rings. The van der Waals surface area contributed by atoms with Crippen LogP contribution >= 0.6 is 0 Å². The van der Waals surface area contributed by atoms with Gasteiger partial charge in [-0.15, -0.1) is 0 Å². The summed E-state index contributed by atoms with van der Waals surface area (Å²) in [5.74, 6) is 0.927. The van der Waals surface area contributed by atoms with Gasteiger partial charge in [-0.1, -0.05) is 36.4 Å². The maximum Gasteiger partial charge on any atom is 0.244 e. The van der Waals surface area contributed by atoms with Gasteiger partial charge in [-0.25, -0.2) is 4.98 Å². The van der Waals surface area contributed by atoms with Crippen LogP contribution in [0.1, 0.15) is 12.0 Å². The molecule has 4 heteroatoms. The molecular formula is C18H19N3O. The molecule has 0 bridgehead atoms. The van der Waals surface area contributed by atoms with Crippen LogP contribution in [-0.2, 0) is 4.79 Å². The second-order valence-corrected chi connectivity index (χ2v) is 5.37. The SMILES string of the molecule is O=C(/C=C/c1ccccc1)N[C@H]1CCN(c2ccccn2)C1. The molecule has 2 heterocycles. The number of rotatable bonds is 4. The third-order valence-corrected chi connectivity index (χ3v) is 3.73. The van der Waals surface area contributed by atoms with E-state index in [2.05, 4.69) is 15.2 Å². The van der Waals surface area contributed by atoms with Gasteiger partial charge in [0.2, 0.25) is 5.91 Å². The number of anilines is 1. The van der Waals surface area contributed by atoms with Crippen molar-refractivity contribution in [3.8, 4) is 0 Å². The van der Waals surface area contributed by atoms with Crippen molar-refractivity contribution in [2.75, 3.05) is 18.0 Å². The van der Waals surface area contributed by atoms with Crippen molar-refractivity contribution >= 4 is 17.8 Å². The molecule has 0 radical (unpaired) electrons. The van der Waals surface area contributed by atoms with Gasteiger partial charge in [-0.05, 0) is 30.2 Å². The summed E-state index contributed by atoms with van der Waals surface area (Å²) in [5, 5.41) is 3.05. The van der Waals surface area contributed by atoms with Crippen LogP contribution in [0.5, 0.6) is 0 Å². The van der Waals surface area contributed by atoms with E-state index >= 15 is 0 Å². The van der Waals surface area contributed by atoms with Crippen molar-refractivity contribution in [1.82, 2.24) is 10.3 Å². The third kappa shape index (κ3) is 3.73. The van der Waals surface area contributed by atoms with Crippen LogP contribution in [0.2, 0.25) is 0 Å². The number of pyridine rings is 1. The Morgan fingerprint density at radius 1 is 1.18 bits per heavy atom. The number of aromatic nitrogens is 1. The molecule has 3 rings (SSSR count). The summed E-state index contributed by atoms with van der Waals surface area (Å²) in [6.45, 7) is 1.73. The van der Waals surface area contributed by atoms with E-state index < -0.39 is 0 Å². The molecule has 1 aliphatic heterocycles. The minimum Gasteiger partial charge on any atom is -0.354 e. The Bertz CT molecular complexity index is 640. The zero-order chi connectivity index (χ0) is 15.2. The zero-order valence-corrected chi connectivity index (χ0v) is 12.4. The molecular weight excluding hydrogens is 274 g/mol. The van der Waals surface area contributed by atoms with Crippen LogP contribution in [0, 0.1) is 0 Å². The minimum absolute atomic E-state index is 0.0447. The van der Waals surface area contributed by atoms with Crippen LogP contribution in [0.4, 0.5) is 5.82 Å². The van der Waals surface area contributed by atoms with Crippen LogP contribution in [0.15, 0.2) is 60.8 Å². The topological polar surface area (TPSA) is 45.2 Å². The number of hydrogen-bond acceptors (Lipinski definition) is 3. The van der Waals surface area contributed by atoms with E-state index in [1.165, 1.54) is 0 Å². The van der Waals surface area contributed by atoms with Crippen molar-refractivity contribution in [1.29, 1.82) is 0 Å². The molecule has 112 valence electrons. The van der Waals surface area contributed by atoms with Crippen LogP contribution in [0.3, 0.4) is 0 Å². The number of nitrogens with zero attached hydrogens (tertiary/aromatic N) is 2. The van der Waals surface area contributed by atoms with E-state index in [0.717, 1.165) is 30.9 Å². The summed E-state index contributed by atoms with van der Waals surface area (Å²) in [5.41, 5.74) is 1.03. The number of nitrogens with one attached hydrogen (secondary N) is 1. The van der Waals surface area contributed by atoms with Gasteiger partial charge in [0, 0.05) is 31.4 Å². The highest BCUT2D eigenvalue weighted by Gasteiger charge is 2.23. The number of carbonyl (C=O) groups is 1. The molecule has 0 aliphatic carbocycles. The van der Waals surface area contributed by atoms with Gasteiger partial charge >= 0.3 is 0 Å². The second kappa shape index (κ2) is 6.89. The molecule has 1 atom stereocenters. The quantitative estimate of drug-likeness (QED) is 0.881. The lowest BCUT2D eigenvalue weighted by Crippen LogP contribution is -2.36. The van der Waals surface area contributed by atoms with Crippen molar-refractivity contribution in [3.63, 3.8) is 0 Å². The maximum absolute atomic E-state index is 12.0. The van der Waals surface area contributed by atoms with Crippen LogP contribution < -0.4 is 10.2 Å². The fraction of sp³-hybridized carbons (Fsp3) is 0.222. The molecule has 0 unspecified atom stereocenters. The van der Waals surface area contributed by atoms with Crippen LogP contribution in [0.25, 0.3) is 6.08 Å². The second-order valence-electron chi connectivity index (χ2n) is 5.37. The lowest BCUT2D eigenvalue weighted by molar-refractivity contribution is -0.117. The Morgan fingerprint density at radius 3 is 2.77 bits per heavy atom. The summed E-state index contributed by atoms with van der Waals surface area (Å²) in [6.07, 6.45) is 6.17. The molecule has 1 aromatic carbocycles. The first-order chi connectivity index (χ1) is 10.8. The van der Waals surface area contributed by atoms with E-state index in [1.54, 1.807) is 12.3 Å². The molecule has 0 spiro atoms. The van der Waals surface area contributed by atoms with Gasteiger partial charge in [0.05, 0.1) is 0 Å². The van der Waals surface area contributed by atoms with Crippen molar-refractivity contribution < 1.29 is 4.79 Å². The fourth-order valence-corrected chi connectivity index (χ4v) is 2.61. The van der Waals surface area contributed by atoms with Gasteiger partial charge in [0.25, 0.3) is 0 Å². The van der Waals surface area contributed by atoms with Crippen molar-refractivity contribution in [3.05, 3.63) is 66.4 Å². The average molecular weight is 293 g/mol. The number of benzene rings is 1. The predicted octanol–water partition coefficient (Wildman–Crippen LogP) is 2.49. The molecule has 1 aromatic heterocycles. The standard InChI is InChI=1S/C18H19N3O/c22-18(10-9-15-6-2-1-3-7-15)20-16-11-13-21(14-16)17-8-4-5-12-19-17/h1-10,12,16H,11,13-14H2,(H,20,22)/b10-9+/t16-/m0/s1. The third-order valence-electron chi connectivity index (χ3n) is 3.73. The van der Waals surface area contributed by atoms with Gasteiger partial charge < -0.3 is 10.2 Å². The Kier molecular flexibility index (Phi) is 4.49. The van der Waals surface area contributed by atoms with E-state index in [9.17, 15) is 4.79 Å². The summed E-state index contributed by atoms with van der Waals surface area (Å²) >= 11 is 0. The van der Waals surface area contributed by atoms with Gasteiger partial charge in [-0.3, -0.25) is 4.79 Å². The van der Waals surface area contributed by atoms with Crippen LogP contribution in [-0.4, -0.2) is 30.0 Å². The first-order valence-corrected chi connectivity index (χ1v) is 7.51. The normalized spacial score (nSPS) is 17.8. The van der Waals surface area contributed by atoms with E-state index in [0.29, 0.717) is 0 Å². The predicted molar refractivity (Wildman–Crippen MR) is 88.5 cm³/mol. The summed E-state index contributed by atoms with van der Waals surface area (Å²) in [4.78, 5) is 18.5. The monoisotopic (exact) mass is 293 g/mol. The highest BCUT2D eigenvalue weighted by Crippen LogP contribution is 2.17. The highest BCUT2D eigenvalue weighted by atomic mass is 16.1. The van der Waals surface area contributed by atoms with E-state index in [4.69, 9.17) is 0 Å². The van der Waals surface area contributed by atoms with E-state index in [1.807, 2.05) is 54.6 Å². The number of amides is 1. The van der Waals surface area contributed by atoms with E-state index in [-0.39, 0.29) is 11.9 Å². The first kappa shape index (κ1) is 14.3. The van der Waals surface area contributed by atoms with Crippen molar-refractivity contribution in [2.45, 2.75) is 12.5 Å². The molecule has 2 aromatic rings. The smallest absolute Gasteiger partial charge is 0.244 e. The number of hydrogen-bond donors (Lipinski definition) is 1. The molecule has 1 N–H and O–H groups in total. The fourth-order valence-electron chi connectivity index (χ4n) is 2.61. The Labute approximate surface area is 130 Å². The van der Waals surface area contributed by atoms with Gasteiger partial charge in [0.15, 0.2) is 0 Å². The Morgan fingerprint density at radius 2 is 2.00 bits per heavy atom. The Balaban J connectivity index is 1.52. The molecule has 1 saturated heterocycles. The largest absolute Gasteiger partial charge is 0.354 e. The van der Waals surface area contributed by atoms with Crippen molar-refractivity contribution in [2.24, 2.45) is 0 Å². The summed E-state index contributed by atoms with van der Waals surface area (Å²) in [6, 6.07) is 15.9. The first-order valence-electron chi connectivity index (χ1n) is 7.51. The summed E-state index contributed by atoms with van der Waals surface area (Å²) < 4.78 is 0. The average Bonchev–Trinajstić information content (AvgIpc) is 3.03. The molecule has 1 amide bonds. The number of carbonyl (C=O) groups excluding carboxylic acids is 1. The Hall–Kier alpha value is -2.62. The molecule has 4 nitrogen and oxygen atoms in total. The maximum atomic E-state index is 12.0.